The minimum absolute atomic E-state index is 0.360. The lowest BCUT2D eigenvalue weighted by Crippen LogP contribution is -2.41. The molecule has 0 bridgehead atoms. The van der Waals surface area contributed by atoms with Gasteiger partial charge >= 0.3 is 28.3 Å². The van der Waals surface area contributed by atoms with E-state index in [0.717, 1.165) is 100 Å². The first-order valence-corrected chi connectivity index (χ1v) is 46.7. The first kappa shape index (κ1) is 90.0. The monoisotopic (exact) mass is 1870 g/mol. The van der Waals surface area contributed by atoms with Crippen LogP contribution in [-0.4, -0.2) is 71.9 Å². The molecule has 2 N–H and O–H groups in total. The van der Waals surface area contributed by atoms with Gasteiger partial charge in [-0.05, 0) is 273 Å². The van der Waals surface area contributed by atoms with Crippen molar-refractivity contribution < 1.29 is 52.2 Å². The topological polar surface area (TPSA) is 195 Å². The standard InChI is InChI=1S/C38H30BNO3.C32H18ClNO.C25H14BrClO.C12H24B2O4.C7H6BNO2/c1-36(2)37(3,4)43-39(42-36)26-20-21-34-33(22-26)38(30-13-7-5-10-28(30)29-11-6-8-14-31(29)38)32-15-9-12-27(35(32)41-34)25-18-16-24(23-40)17-19-25;33-22-16-17-30-29(18-22)32(26-9-3-1-6-24(26)25-7-2-4-10-27(25)32)28-11-5-8-23(31(28)35-30)21-14-12-20(19-34)13-15-21;26-22-11-5-10-20-24(22)28-23-13-12-15(27)14-21(23)25(20)18-8-3-1-6-16(18)17-7-2-4-9-19(17)25;1-9(2)10(3,4)16-13(15-9)14-17-11(5,6)12(7,8)18-14;9-5-6-1-3-7(4-2-6)8(10)11/h5-22H,1-4H3;1-18H;1-14H;1-8H3;1-4,10-11H. The molecule has 6 heterocycles. The normalized spacial score (nSPS) is 17.2. The summed E-state index contributed by atoms with van der Waals surface area (Å²) < 4.78 is 57.8. The number of para-hydroxylation sites is 3. The number of hydrogen-bond acceptors (Lipinski definition) is 14. The number of ether oxygens (including phenoxy) is 3. The van der Waals surface area contributed by atoms with Gasteiger partial charge in [-0.2, -0.15) is 15.8 Å². The van der Waals surface area contributed by atoms with Gasteiger partial charge in [0, 0.05) is 54.6 Å². The lowest BCUT2D eigenvalue weighted by Gasteiger charge is -2.40. The van der Waals surface area contributed by atoms with Crippen molar-refractivity contribution in [2.75, 3.05) is 0 Å². The van der Waals surface area contributed by atoms with Crippen LogP contribution in [0, 0.1) is 34.0 Å². The van der Waals surface area contributed by atoms with Gasteiger partial charge in [0.25, 0.3) is 0 Å². The van der Waals surface area contributed by atoms with Gasteiger partial charge in [0.2, 0.25) is 0 Å². The zero-order valence-corrected chi connectivity index (χ0v) is 79.6. The van der Waals surface area contributed by atoms with E-state index in [1.54, 1.807) is 0 Å². The van der Waals surface area contributed by atoms with Crippen LogP contribution < -0.4 is 25.1 Å². The van der Waals surface area contributed by atoms with E-state index in [2.05, 4.69) is 274 Å². The molecule has 0 unspecified atom stereocenters. The van der Waals surface area contributed by atoms with E-state index in [-0.39, 0.29) is 22.4 Å². The Balaban J connectivity index is 0.000000111. The molecule has 15 aromatic carbocycles. The molecule has 0 saturated carbocycles. The molecule has 0 atom stereocenters. The smallest absolute Gasteiger partial charge is 0.456 e. The maximum Gasteiger partial charge on any atom is 0.494 e. The summed E-state index contributed by atoms with van der Waals surface area (Å²) in [4.78, 5) is 0. The van der Waals surface area contributed by atoms with Gasteiger partial charge in [0.1, 0.15) is 34.5 Å². The van der Waals surface area contributed by atoms with Crippen LogP contribution in [0.3, 0.4) is 0 Å². The maximum atomic E-state index is 9.39. The predicted octanol–water partition coefficient (Wildman–Crippen LogP) is 25.4. The fourth-order valence-electron chi connectivity index (χ4n) is 20.5. The Labute approximate surface area is 807 Å². The average Bonchev–Trinajstić information content (AvgIpc) is 1.56. The summed E-state index contributed by atoms with van der Waals surface area (Å²) in [6.07, 6.45) is 0. The molecule has 21 heteroatoms. The minimum Gasteiger partial charge on any atom is -0.456 e. The van der Waals surface area contributed by atoms with Gasteiger partial charge in [-0.15, -0.1) is 0 Å². The molecule has 15 aromatic rings. The van der Waals surface area contributed by atoms with Gasteiger partial charge in [-0.3, -0.25) is 0 Å². The highest BCUT2D eigenvalue weighted by Gasteiger charge is 2.65. The van der Waals surface area contributed by atoms with Crippen LogP contribution in [0.4, 0.5) is 0 Å². The zero-order chi connectivity index (χ0) is 94.3. The third-order valence-corrected chi connectivity index (χ3v) is 30.2. The molecule has 0 amide bonds. The summed E-state index contributed by atoms with van der Waals surface area (Å²) in [5, 5.41) is 45.8. The SMILES string of the molecule is CC1(C)OB(B2OC(C)(C)C(C)(C)O2)OC1(C)C.CC1(C)OB(c2ccc3c(c2)C2(c4ccccc4-c4ccccc42)c2cccc(-c4ccc(C#N)cc4)c2O3)OC1(C)C.Clc1ccc2c(c1)C1(c3ccccc3-c3ccccc31)c1cccc(Br)c1O2.N#Cc1ccc(-c2cccc3c2Oc2ccc(Cl)cc2C32c3ccccc3-c3ccccc32)cc1.N#Cc1ccc(B(O)O)cc1. The second-order valence-electron chi connectivity index (χ2n) is 38.2. The molecule has 6 aliphatic heterocycles. The van der Waals surface area contributed by atoms with Crippen LogP contribution in [0.2, 0.25) is 10.0 Å². The van der Waals surface area contributed by atoms with Crippen LogP contribution in [0.15, 0.2) is 332 Å². The van der Waals surface area contributed by atoms with E-state index in [9.17, 15) is 10.5 Å². The van der Waals surface area contributed by atoms with Gasteiger partial charge in [0.15, 0.2) is 0 Å². The molecule has 3 fully saturated rings. The molecular weight excluding hydrogens is 1780 g/mol. The molecule has 0 radical (unpaired) electrons. The Morgan fingerprint density at radius 2 is 0.548 bits per heavy atom. The Morgan fingerprint density at radius 3 is 0.874 bits per heavy atom. The largest absolute Gasteiger partial charge is 0.494 e. The van der Waals surface area contributed by atoms with E-state index in [1.165, 1.54) is 91.0 Å². The molecule has 24 rings (SSSR count). The van der Waals surface area contributed by atoms with Crippen molar-refractivity contribution in [3.8, 4) is 108 Å². The Kier molecular flexibility index (Phi) is 22.6. The Morgan fingerprint density at radius 1 is 0.281 bits per heavy atom. The van der Waals surface area contributed by atoms with E-state index < -0.39 is 55.7 Å². The van der Waals surface area contributed by atoms with E-state index in [0.29, 0.717) is 32.2 Å². The Hall–Kier alpha value is -12.8. The average molecular weight is 1870 g/mol. The molecule has 14 nitrogen and oxygen atoms in total. The van der Waals surface area contributed by atoms with Crippen molar-refractivity contribution in [2.24, 2.45) is 0 Å². The number of rotatable bonds is 5. The van der Waals surface area contributed by atoms with Crippen LogP contribution >= 0.6 is 39.1 Å². The summed E-state index contributed by atoms with van der Waals surface area (Å²) in [6.45, 7) is 24.5. The van der Waals surface area contributed by atoms with Crippen molar-refractivity contribution in [2.45, 2.75) is 133 Å². The summed E-state index contributed by atoms with van der Waals surface area (Å²) in [7, 11) is -2.90. The van der Waals surface area contributed by atoms with Crippen molar-refractivity contribution in [3.05, 3.63) is 426 Å². The lowest BCUT2D eigenvalue weighted by atomic mass is 9.49. The maximum absolute atomic E-state index is 9.39. The van der Waals surface area contributed by atoms with Gasteiger partial charge in [-0.1, -0.05) is 266 Å². The number of nitrogens with zero attached hydrogens (tertiary/aromatic N) is 3. The fraction of sp³-hybridized carbons (Fsp3) is 0.184. The number of nitriles is 3. The number of halogens is 3. The summed E-state index contributed by atoms with van der Waals surface area (Å²) in [5.74, 6) is 4.97. The zero-order valence-electron chi connectivity index (χ0n) is 76.5. The summed E-state index contributed by atoms with van der Waals surface area (Å²) >= 11 is 16.8. The fourth-order valence-corrected chi connectivity index (χ4v) is 21.3. The minimum atomic E-state index is -1.46. The van der Waals surface area contributed by atoms with Crippen LogP contribution in [0.5, 0.6) is 34.5 Å². The van der Waals surface area contributed by atoms with Crippen molar-refractivity contribution in [1.82, 2.24) is 0 Å². The van der Waals surface area contributed by atoms with Gasteiger partial charge < -0.3 is 52.2 Å². The van der Waals surface area contributed by atoms with Gasteiger partial charge in [0.05, 0.1) is 89.2 Å². The molecule has 3 aliphatic carbocycles. The Bertz CT molecular complexity index is 7210. The van der Waals surface area contributed by atoms with E-state index in [4.69, 9.17) is 80.6 Å². The number of fused-ring (bicyclic) bond motifs is 27. The molecule has 662 valence electrons. The highest BCUT2D eigenvalue weighted by molar-refractivity contribution is 9.10. The molecule has 0 aromatic heterocycles. The molecule has 9 aliphatic rings. The van der Waals surface area contributed by atoms with E-state index in [1.807, 2.05) is 146 Å². The lowest BCUT2D eigenvalue weighted by molar-refractivity contribution is 0.00578. The van der Waals surface area contributed by atoms with Crippen molar-refractivity contribution in [1.29, 1.82) is 15.8 Å². The van der Waals surface area contributed by atoms with Crippen LogP contribution in [-0.2, 0) is 44.2 Å². The highest BCUT2D eigenvalue weighted by Crippen LogP contribution is 2.68. The van der Waals surface area contributed by atoms with E-state index >= 15 is 0 Å². The van der Waals surface area contributed by atoms with Crippen molar-refractivity contribution >= 4 is 78.3 Å². The molecular formula is C114H92B4BrCl2N3O11. The first-order valence-electron chi connectivity index (χ1n) is 45.2. The first-order chi connectivity index (χ1) is 64.8. The summed E-state index contributed by atoms with van der Waals surface area (Å²) in [5.41, 5.74) is 24.6. The third kappa shape index (κ3) is 14.6. The quantitative estimate of drug-likeness (QED) is 0.154. The molecule has 135 heavy (non-hydrogen) atoms. The van der Waals surface area contributed by atoms with Crippen LogP contribution in [0.1, 0.15) is 167 Å². The predicted molar refractivity (Wildman–Crippen MR) is 538 cm³/mol. The van der Waals surface area contributed by atoms with Crippen LogP contribution in [0.25, 0.3) is 55.6 Å². The second-order valence-corrected chi connectivity index (χ2v) is 39.9. The number of benzene rings is 15. The second kappa shape index (κ2) is 33.9. The van der Waals surface area contributed by atoms with Gasteiger partial charge in [-0.25, -0.2) is 0 Å². The number of hydrogen-bond donors (Lipinski definition) is 2. The highest BCUT2D eigenvalue weighted by atomic mass is 79.9. The molecule has 3 spiro atoms. The molecule has 3 saturated heterocycles. The van der Waals surface area contributed by atoms with Crippen molar-refractivity contribution in [3.63, 3.8) is 0 Å². The third-order valence-electron chi connectivity index (χ3n) is 29.1. The summed E-state index contributed by atoms with van der Waals surface area (Å²) in [6, 6.07) is 117.